The van der Waals surface area contributed by atoms with Crippen molar-refractivity contribution in [1.82, 2.24) is 5.32 Å². The molecular formula is C13H12BrClFNS. The average Bonchev–Trinajstić information content (AvgIpc) is 2.75. The third-order valence-electron chi connectivity index (χ3n) is 2.72. The van der Waals surface area contributed by atoms with Crippen LogP contribution in [0.2, 0.25) is 4.34 Å². The smallest absolute Gasteiger partial charge is 0.128 e. The Morgan fingerprint density at radius 1 is 1.39 bits per heavy atom. The largest absolute Gasteiger partial charge is 0.313 e. The van der Waals surface area contributed by atoms with Crippen molar-refractivity contribution in [2.75, 3.05) is 7.05 Å². The first-order valence-electron chi connectivity index (χ1n) is 5.46. The lowest BCUT2D eigenvalue weighted by Crippen LogP contribution is -2.19. The van der Waals surface area contributed by atoms with E-state index in [2.05, 4.69) is 21.2 Å². The van der Waals surface area contributed by atoms with Crippen LogP contribution in [0.3, 0.4) is 0 Å². The van der Waals surface area contributed by atoms with E-state index in [0.29, 0.717) is 5.56 Å². The van der Waals surface area contributed by atoms with Gasteiger partial charge in [0.25, 0.3) is 0 Å². The first-order valence-corrected chi connectivity index (χ1v) is 7.45. The van der Waals surface area contributed by atoms with Crippen molar-refractivity contribution in [2.24, 2.45) is 0 Å². The molecule has 1 aromatic heterocycles. The number of thiophene rings is 1. The van der Waals surface area contributed by atoms with Gasteiger partial charge in [0.15, 0.2) is 0 Å². The summed E-state index contributed by atoms with van der Waals surface area (Å²) < 4.78 is 15.5. The Balaban J connectivity index is 2.25. The van der Waals surface area contributed by atoms with Gasteiger partial charge in [0, 0.05) is 27.4 Å². The second-order valence-corrected chi connectivity index (χ2v) is 6.63. The summed E-state index contributed by atoms with van der Waals surface area (Å²) in [7, 11) is 1.83. The minimum absolute atomic E-state index is 0.0581. The number of rotatable bonds is 4. The fourth-order valence-corrected chi connectivity index (χ4v) is 3.32. The van der Waals surface area contributed by atoms with Crippen molar-refractivity contribution in [2.45, 2.75) is 12.5 Å². The van der Waals surface area contributed by atoms with E-state index in [1.165, 1.54) is 17.4 Å². The van der Waals surface area contributed by atoms with Crippen LogP contribution in [0.15, 0.2) is 34.8 Å². The van der Waals surface area contributed by atoms with Crippen LogP contribution in [0.25, 0.3) is 0 Å². The molecule has 2 rings (SSSR count). The molecule has 0 aliphatic heterocycles. The molecule has 0 radical (unpaired) electrons. The maximum atomic E-state index is 13.8. The Bertz CT molecular complexity index is 544. The van der Waals surface area contributed by atoms with Crippen LogP contribution >= 0.6 is 38.9 Å². The zero-order valence-electron chi connectivity index (χ0n) is 9.71. The van der Waals surface area contributed by atoms with Gasteiger partial charge in [-0.1, -0.05) is 27.5 Å². The third kappa shape index (κ3) is 3.32. The summed E-state index contributed by atoms with van der Waals surface area (Å²) in [6.45, 7) is 0. The molecule has 96 valence electrons. The molecule has 5 heteroatoms. The quantitative estimate of drug-likeness (QED) is 0.836. The molecule has 0 bridgehead atoms. The zero-order valence-corrected chi connectivity index (χ0v) is 12.9. The third-order valence-corrected chi connectivity index (χ3v) is 4.46. The molecule has 1 atom stereocenters. The fraction of sp³-hybridized carbons (Fsp3) is 0.231. The van der Waals surface area contributed by atoms with Crippen LogP contribution < -0.4 is 5.32 Å². The van der Waals surface area contributed by atoms with Crippen LogP contribution in [0.4, 0.5) is 4.39 Å². The number of nitrogens with one attached hydrogen (secondary N) is 1. The highest BCUT2D eigenvalue weighted by molar-refractivity contribution is 9.10. The van der Waals surface area contributed by atoms with Crippen molar-refractivity contribution < 1.29 is 4.39 Å². The van der Waals surface area contributed by atoms with Gasteiger partial charge in [0.05, 0.1) is 4.34 Å². The van der Waals surface area contributed by atoms with Gasteiger partial charge >= 0.3 is 0 Å². The molecule has 1 N–H and O–H groups in total. The molecule has 1 heterocycles. The molecule has 1 aromatic carbocycles. The minimum Gasteiger partial charge on any atom is -0.313 e. The predicted molar refractivity (Wildman–Crippen MR) is 78.9 cm³/mol. The van der Waals surface area contributed by atoms with E-state index >= 15 is 0 Å². The second kappa shape index (κ2) is 6.15. The molecule has 2 aromatic rings. The Morgan fingerprint density at radius 2 is 2.17 bits per heavy atom. The molecule has 0 spiro atoms. The normalized spacial score (nSPS) is 12.7. The monoisotopic (exact) mass is 347 g/mol. The summed E-state index contributed by atoms with van der Waals surface area (Å²) in [6, 6.07) is 8.78. The van der Waals surface area contributed by atoms with Crippen molar-refractivity contribution in [3.63, 3.8) is 0 Å². The van der Waals surface area contributed by atoms with Gasteiger partial charge in [-0.05, 0) is 37.4 Å². The molecular weight excluding hydrogens is 337 g/mol. The fourth-order valence-electron chi connectivity index (χ4n) is 1.81. The van der Waals surface area contributed by atoms with E-state index in [1.807, 2.05) is 25.2 Å². The van der Waals surface area contributed by atoms with Gasteiger partial charge in [-0.2, -0.15) is 0 Å². The van der Waals surface area contributed by atoms with Crippen LogP contribution in [0.5, 0.6) is 0 Å². The topological polar surface area (TPSA) is 12.0 Å². The van der Waals surface area contributed by atoms with Gasteiger partial charge in [-0.3, -0.25) is 0 Å². The van der Waals surface area contributed by atoms with Gasteiger partial charge in [0.2, 0.25) is 0 Å². The van der Waals surface area contributed by atoms with Crippen molar-refractivity contribution in [1.29, 1.82) is 0 Å². The first-order chi connectivity index (χ1) is 8.60. The lowest BCUT2D eigenvalue weighted by Gasteiger charge is -2.17. The Kier molecular flexibility index (Phi) is 4.78. The highest BCUT2D eigenvalue weighted by atomic mass is 79.9. The van der Waals surface area contributed by atoms with E-state index in [1.54, 1.807) is 6.07 Å². The summed E-state index contributed by atoms with van der Waals surface area (Å²) >= 11 is 10.8. The van der Waals surface area contributed by atoms with Crippen LogP contribution in [-0.4, -0.2) is 7.05 Å². The van der Waals surface area contributed by atoms with Gasteiger partial charge in [-0.25, -0.2) is 4.39 Å². The van der Waals surface area contributed by atoms with Crippen molar-refractivity contribution in [3.05, 3.63) is 55.4 Å². The molecule has 1 unspecified atom stereocenters. The summed E-state index contributed by atoms with van der Waals surface area (Å²) in [5.41, 5.74) is 0.663. The lowest BCUT2D eigenvalue weighted by molar-refractivity contribution is 0.536. The highest BCUT2D eigenvalue weighted by Gasteiger charge is 2.16. The molecule has 0 fully saturated rings. The summed E-state index contributed by atoms with van der Waals surface area (Å²) in [5.74, 6) is -0.194. The first kappa shape index (κ1) is 14.0. The van der Waals surface area contributed by atoms with Crippen LogP contribution in [0, 0.1) is 5.82 Å². The summed E-state index contributed by atoms with van der Waals surface area (Å²) in [5, 5.41) is 3.15. The summed E-state index contributed by atoms with van der Waals surface area (Å²) in [6.07, 6.45) is 0.723. The molecule has 0 aliphatic carbocycles. The van der Waals surface area contributed by atoms with E-state index in [4.69, 9.17) is 11.6 Å². The lowest BCUT2D eigenvalue weighted by atomic mass is 10.0. The molecule has 0 aliphatic rings. The molecule has 18 heavy (non-hydrogen) atoms. The SMILES string of the molecule is CNC(Cc1ccc(Cl)s1)c1cc(Br)ccc1F. The zero-order chi connectivity index (χ0) is 13.1. The van der Waals surface area contributed by atoms with E-state index < -0.39 is 0 Å². The number of hydrogen-bond acceptors (Lipinski definition) is 2. The molecule has 0 saturated heterocycles. The molecule has 0 saturated carbocycles. The number of benzene rings is 1. The van der Waals surface area contributed by atoms with Gasteiger partial charge < -0.3 is 5.32 Å². The van der Waals surface area contributed by atoms with Gasteiger partial charge in [0.1, 0.15) is 5.82 Å². The van der Waals surface area contributed by atoms with E-state index in [0.717, 1.165) is 20.1 Å². The van der Waals surface area contributed by atoms with Crippen molar-refractivity contribution >= 4 is 38.9 Å². The standard InChI is InChI=1S/C13H12BrClFNS/c1-17-12(7-9-3-5-13(15)18-9)10-6-8(14)2-4-11(10)16/h2-6,12,17H,7H2,1H3. The van der Waals surface area contributed by atoms with Crippen LogP contribution in [0.1, 0.15) is 16.5 Å². The maximum absolute atomic E-state index is 13.8. The van der Waals surface area contributed by atoms with E-state index in [-0.39, 0.29) is 11.9 Å². The molecule has 0 amide bonds. The summed E-state index contributed by atoms with van der Waals surface area (Å²) in [4.78, 5) is 1.14. The minimum atomic E-state index is -0.194. The number of halogens is 3. The van der Waals surface area contributed by atoms with Gasteiger partial charge in [-0.15, -0.1) is 11.3 Å². The van der Waals surface area contributed by atoms with Crippen molar-refractivity contribution in [3.8, 4) is 0 Å². The predicted octanol–water partition coefficient (Wildman–Crippen LogP) is 4.81. The Hall–Kier alpha value is -0.420. The van der Waals surface area contributed by atoms with Crippen LogP contribution in [-0.2, 0) is 6.42 Å². The number of hydrogen-bond donors (Lipinski definition) is 1. The van der Waals surface area contributed by atoms with E-state index in [9.17, 15) is 4.39 Å². The Labute approximate surface area is 123 Å². The second-order valence-electron chi connectivity index (χ2n) is 3.92. The maximum Gasteiger partial charge on any atom is 0.128 e. The number of likely N-dealkylation sites (N-methyl/N-ethyl adjacent to an activating group) is 1. The highest BCUT2D eigenvalue weighted by Crippen LogP contribution is 2.28. The molecule has 1 nitrogen and oxygen atoms in total. The average molecular weight is 349 g/mol. The Morgan fingerprint density at radius 3 is 2.78 bits per heavy atom.